The number of halogens is 1. The molecule has 8 heteroatoms. The molecule has 0 aliphatic carbocycles. The van der Waals surface area contributed by atoms with E-state index < -0.39 is 5.60 Å². The van der Waals surface area contributed by atoms with Crippen molar-refractivity contribution < 1.29 is 14.3 Å². The Balaban J connectivity index is 1.78. The van der Waals surface area contributed by atoms with Gasteiger partial charge in [-0.2, -0.15) is 5.10 Å². The summed E-state index contributed by atoms with van der Waals surface area (Å²) < 4.78 is 7.28. The van der Waals surface area contributed by atoms with Crippen LogP contribution in [0.2, 0.25) is 0 Å². The van der Waals surface area contributed by atoms with Crippen molar-refractivity contribution in [3.05, 3.63) is 46.6 Å². The van der Waals surface area contributed by atoms with Crippen molar-refractivity contribution in [2.24, 2.45) is 0 Å². The van der Waals surface area contributed by atoms with Crippen LogP contribution in [0.25, 0.3) is 0 Å². The summed E-state index contributed by atoms with van der Waals surface area (Å²) in [6.07, 6.45) is -0.375. The first-order valence-corrected chi connectivity index (χ1v) is 9.78. The average Bonchev–Trinajstić information content (AvgIpc) is 3.21. The average molecular weight is 405 g/mol. The molecular weight excluding hydrogens is 380 g/mol. The maximum absolute atomic E-state index is 12.6. The Morgan fingerprint density at radius 1 is 1.21 bits per heavy atom. The highest BCUT2D eigenvalue weighted by atomic mass is 35.5. The van der Waals surface area contributed by atoms with E-state index in [4.69, 9.17) is 16.3 Å². The lowest BCUT2D eigenvalue weighted by Crippen LogP contribution is -2.34. The predicted octanol–water partition coefficient (Wildman–Crippen LogP) is 4.14. The summed E-state index contributed by atoms with van der Waals surface area (Å²) in [7, 11) is 0. The fourth-order valence-electron chi connectivity index (χ4n) is 3.05. The van der Waals surface area contributed by atoms with E-state index in [0.29, 0.717) is 36.9 Å². The van der Waals surface area contributed by atoms with E-state index in [-0.39, 0.29) is 12.0 Å². The molecule has 0 fully saturated rings. The van der Waals surface area contributed by atoms with Gasteiger partial charge in [-0.3, -0.25) is 14.4 Å². The van der Waals surface area contributed by atoms with E-state index in [0.717, 1.165) is 16.8 Å². The number of nitrogens with zero attached hydrogens (tertiary/aromatic N) is 3. The minimum absolute atomic E-state index is 0.250. The summed E-state index contributed by atoms with van der Waals surface area (Å²) in [6, 6.07) is 7.11. The smallest absolute Gasteiger partial charge is 0.410 e. The second-order valence-electron chi connectivity index (χ2n) is 7.71. The number of aromatic nitrogens is 2. The van der Waals surface area contributed by atoms with E-state index in [1.807, 2.05) is 44.5 Å². The zero-order chi connectivity index (χ0) is 20.5. The first-order chi connectivity index (χ1) is 13.2. The molecule has 1 aliphatic rings. The van der Waals surface area contributed by atoms with Crippen molar-refractivity contribution in [3.8, 4) is 0 Å². The lowest BCUT2D eigenvalue weighted by molar-refractivity contribution is 0.0238. The largest absolute Gasteiger partial charge is 0.444 e. The fourth-order valence-corrected chi connectivity index (χ4v) is 3.23. The number of hydrogen-bond acceptors (Lipinski definition) is 4. The maximum Gasteiger partial charge on any atom is 0.410 e. The van der Waals surface area contributed by atoms with Crippen LogP contribution in [0, 0.1) is 0 Å². The van der Waals surface area contributed by atoms with Gasteiger partial charge in [0, 0.05) is 23.6 Å². The van der Waals surface area contributed by atoms with Crippen molar-refractivity contribution in [1.82, 2.24) is 14.7 Å². The fraction of sp³-hybridized carbons (Fsp3) is 0.450. The summed E-state index contributed by atoms with van der Waals surface area (Å²) >= 11 is 5.79. The van der Waals surface area contributed by atoms with Gasteiger partial charge < -0.3 is 10.1 Å². The molecule has 28 heavy (non-hydrogen) atoms. The number of rotatable bonds is 4. The molecule has 1 N–H and O–H groups in total. The molecule has 2 heterocycles. The van der Waals surface area contributed by atoms with Gasteiger partial charge in [-0.05, 0) is 45.4 Å². The molecule has 0 spiro atoms. The van der Waals surface area contributed by atoms with Crippen molar-refractivity contribution in [1.29, 1.82) is 0 Å². The van der Waals surface area contributed by atoms with E-state index in [9.17, 15) is 9.59 Å². The Labute approximate surface area is 169 Å². The standard InChI is InChI=1S/C20H25ClN4O3/c1-5-25-16-12-24(19(27)28-20(2,3)4)11-15(16)17(23-25)22-18(26)14-8-6-13(10-21)7-9-14/h6-9H,5,10-12H2,1-4H3,(H,22,23,26). The van der Waals surface area contributed by atoms with Crippen molar-refractivity contribution in [2.75, 3.05) is 5.32 Å². The Hall–Kier alpha value is -2.54. The second-order valence-corrected chi connectivity index (χ2v) is 7.98. The van der Waals surface area contributed by atoms with Gasteiger partial charge in [-0.15, -0.1) is 11.6 Å². The van der Waals surface area contributed by atoms with E-state index >= 15 is 0 Å². The minimum Gasteiger partial charge on any atom is -0.444 e. The van der Waals surface area contributed by atoms with Gasteiger partial charge in [0.05, 0.1) is 18.8 Å². The van der Waals surface area contributed by atoms with Gasteiger partial charge in [0.2, 0.25) is 0 Å². The number of anilines is 1. The van der Waals surface area contributed by atoms with Crippen molar-refractivity contribution in [3.63, 3.8) is 0 Å². The first-order valence-electron chi connectivity index (χ1n) is 9.24. The van der Waals surface area contributed by atoms with Crippen LogP contribution >= 0.6 is 11.6 Å². The number of hydrogen-bond donors (Lipinski definition) is 1. The van der Waals surface area contributed by atoms with Crippen LogP contribution in [0.1, 0.15) is 54.9 Å². The summed E-state index contributed by atoms with van der Waals surface area (Å²) in [4.78, 5) is 26.7. The molecule has 1 aliphatic heterocycles. The SMILES string of the molecule is CCn1nc(NC(=O)c2ccc(CCl)cc2)c2c1CN(C(=O)OC(C)(C)C)C2. The zero-order valence-corrected chi connectivity index (χ0v) is 17.3. The lowest BCUT2D eigenvalue weighted by atomic mass is 10.1. The van der Waals surface area contributed by atoms with E-state index in [2.05, 4.69) is 10.4 Å². The molecule has 0 radical (unpaired) electrons. The highest BCUT2D eigenvalue weighted by Gasteiger charge is 2.33. The molecular formula is C20H25ClN4O3. The number of carbonyl (C=O) groups excluding carboxylic acids is 2. The third-order valence-electron chi connectivity index (χ3n) is 4.41. The van der Waals surface area contributed by atoms with Crippen LogP contribution in [-0.2, 0) is 30.3 Å². The Bertz CT molecular complexity index is 884. The van der Waals surface area contributed by atoms with Gasteiger partial charge in [0.15, 0.2) is 5.82 Å². The van der Waals surface area contributed by atoms with Gasteiger partial charge in [0.1, 0.15) is 5.60 Å². The number of fused-ring (bicyclic) bond motifs is 1. The highest BCUT2D eigenvalue weighted by molar-refractivity contribution is 6.17. The summed E-state index contributed by atoms with van der Waals surface area (Å²) in [5.74, 6) is 0.631. The maximum atomic E-state index is 12.6. The van der Waals surface area contributed by atoms with Crippen LogP contribution in [0.15, 0.2) is 24.3 Å². The third kappa shape index (κ3) is 4.30. The normalized spacial score (nSPS) is 13.4. The third-order valence-corrected chi connectivity index (χ3v) is 4.72. The van der Waals surface area contributed by atoms with Crippen LogP contribution < -0.4 is 5.32 Å². The number of ether oxygens (including phenoxy) is 1. The van der Waals surface area contributed by atoms with Crippen molar-refractivity contribution in [2.45, 2.75) is 58.8 Å². The molecule has 1 aromatic heterocycles. The number of carbonyl (C=O) groups is 2. The van der Waals surface area contributed by atoms with Crippen LogP contribution in [0.5, 0.6) is 0 Å². The minimum atomic E-state index is -0.561. The monoisotopic (exact) mass is 404 g/mol. The van der Waals surface area contributed by atoms with E-state index in [1.165, 1.54) is 0 Å². The molecule has 0 unspecified atom stereocenters. The van der Waals surface area contributed by atoms with Gasteiger partial charge in [0.25, 0.3) is 5.91 Å². The van der Waals surface area contributed by atoms with Crippen LogP contribution in [0.4, 0.5) is 10.6 Å². The molecule has 2 amide bonds. The number of amides is 2. The van der Waals surface area contributed by atoms with Gasteiger partial charge in [-0.25, -0.2) is 4.79 Å². The Morgan fingerprint density at radius 3 is 2.46 bits per heavy atom. The topological polar surface area (TPSA) is 76.5 Å². The molecule has 0 saturated carbocycles. The zero-order valence-electron chi connectivity index (χ0n) is 16.6. The number of benzene rings is 1. The van der Waals surface area contributed by atoms with Gasteiger partial charge in [-0.1, -0.05) is 12.1 Å². The molecule has 0 bridgehead atoms. The Kier molecular flexibility index (Phi) is 5.65. The highest BCUT2D eigenvalue weighted by Crippen LogP contribution is 2.30. The number of aryl methyl sites for hydroxylation is 1. The summed E-state index contributed by atoms with van der Waals surface area (Å²) in [6.45, 7) is 8.89. The lowest BCUT2D eigenvalue weighted by Gasteiger charge is -2.24. The second kappa shape index (κ2) is 7.83. The van der Waals surface area contributed by atoms with Crippen LogP contribution in [0.3, 0.4) is 0 Å². The number of alkyl halides is 1. The molecule has 0 atom stereocenters. The predicted molar refractivity (Wildman–Crippen MR) is 107 cm³/mol. The summed E-state index contributed by atoms with van der Waals surface area (Å²) in [5, 5.41) is 7.38. The molecule has 0 saturated heterocycles. The van der Waals surface area contributed by atoms with Crippen LogP contribution in [-0.4, -0.2) is 32.3 Å². The first kappa shape index (κ1) is 20.2. The molecule has 3 rings (SSSR count). The van der Waals surface area contributed by atoms with Crippen molar-refractivity contribution >= 4 is 29.4 Å². The van der Waals surface area contributed by atoms with E-state index in [1.54, 1.807) is 17.0 Å². The summed E-state index contributed by atoms with van der Waals surface area (Å²) in [5.41, 5.74) is 2.67. The molecule has 150 valence electrons. The molecule has 7 nitrogen and oxygen atoms in total. The molecule has 1 aromatic carbocycles. The van der Waals surface area contributed by atoms with Gasteiger partial charge >= 0.3 is 6.09 Å². The molecule has 2 aromatic rings. The number of nitrogens with one attached hydrogen (secondary N) is 1. The quantitative estimate of drug-likeness (QED) is 0.777. The Morgan fingerprint density at radius 2 is 1.89 bits per heavy atom.